The third kappa shape index (κ3) is 8.68. The highest BCUT2D eigenvalue weighted by Crippen LogP contribution is 2.28. The van der Waals surface area contributed by atoms with Crippen LogP contribution in [0.1, 0.15) is 22.3 Å². The van der Waals surface area contributed by atoms with Crippen molar-refractivity contribution in [3.63, 3.8) is 0 Å². The molecular formula is C34H34N4O6. The number of aliphatic carboxylic acids is 2. The summed E-state index contributed by atoms with van der Waals surface area (Å²) in [5.74, 6) is -2.26. The molecule has 4 aromatic rings. The third-order valence-electron chi connectivity index (χ3n) is 7.05. The zero-order valence-corrected chi connectivity index (χ0v) is 24.3. The molecule has 0 heterocycles. The summed E-state index contributed by atoms with van der Waals surface area (Å²) in [5, 5.41) is 29.7. The van der Waals surface area contributed by atoms with Crippen LogP contribution in [0.3, 0.4) is 0 Å². The van der Waals surface area contributed by atoms with Crippen LogP contribution < -0.4 is 21.3 Å². The molecule has 4 aromatic carbocycles. The smallest absolute Gasteiger partial charge is 0.326 e. The van der Waals surface area contributed by atoms with Crippen LogP contribution in [0.25, 0.3) is 11.1 Å². The monoisotopic (exact) mass is 594 g/mol. The molecule has 4 amide bonds. The number of anilines is 2. The first-order chi connectivity index (χ1) is 21.1. The fourth-order valence-electron chi connectivity index (χ4n) is 4.70. The first-order valence-corrected chi connectivity index (χ1v) is 14.0. The van der Waals surface area contributed by atoms with Crippen LogP contribution in [0.4, 0.5) is 21.0 Å². The minimum Gasteiger partial charge on any atom is -0.480 e. The molecule has 0 aliphatic heterocycles. The van der Waals surface area contributed by atoms with Crippen molar-refractivity contribution >= 4 is 35.4 Å². The van der Waals surface area contributed by atoms with Gasteiger partial charge in [-0.2, -0.15) is 0 Å². The summed E-state index contributed by atoms with van der Waals surface area (Å²) in [4.78, 5) is 48.7. The summed E-state index contributed by atoms with van der Waals surface area (Å²) < 4.78 is 0. The van der Waals surface area contributed by atoms with Crippen LogP contribution in [-0.4, -0.2) is 46.3 Å². The maximum Gasteiger partial charge on any atom is 0.326 e. The van der Waals surface area contributed by atoms with E-state index in [0.717, 1.165) is 33.4 Å². The number of hydrogen-bond acceptors (Lipinski definition) is 4. The SMILES string of the molecule is Cc1cc(-c2ccc(NC(=O)N[C@@H](Cc3ccccc3)C(=O)O)c(C)c2)ccc1NC(=O)N[C@@H](Cc1ccccc1)C(=O)O. The summed E-state index contributed by atoms with van der Waals surface area (Å²) in [5.41, 5.74) is 5.93. The molecule has 10 heteroatoms. The zero-order valence-electron chi connectivity index (χ0n) is 24.3. The lowest BCUT2D eigenvalue weighted by atomic mass is 10.00. The maximum absolute atomic E-state index is 12.6. The number of benzene rings is 4. The Morgan fingerprint density at radius 1 is 0.568 bits per heavy atom. The number of hydrogen-bond donors (Lipinski definition) is 6. The van der Waals surface area contributed by atoms with E-state index < -0.39 is 36.1 Å². The molecule has 2 atom stereocenters. The Morgan fingerprint density at radius 2 is 0.932 bits per heavy atom. The van der Waals surface area contributed by atoms with Crippen LogP contribution in [0.2, 0.25) is 0 Å². The predicted molar refractivity (Wildman–Crippen MR) is 169 cm³/mol. The first kappa shape index (κ1) is 31.3. The van der Waals surface area contributed by atoms with Crippen molar-refractivity contribution in [2.45, 2.75) is 38.8 Å². The van der Waals surface area contributed by atoms with Crippen LogP contribution in [-0.2, 0) is 22.4 Å². The van der Waals surface area contributed by atoms with E-state index in [0.29, 0.717) is 11.4 Å². The van der Waals surface area contributed by atoms with Crippen molar-refractivity contribution in [3.05, 3.63) is 119 Å². The molecule has 0 aliphatic rings. The Kier molecular flexibility index (Phi) is 10.3. The van der Waals surface area contributed by atoms with Crippen molar-refractivity contribution in [2.24, 2.45) is 0 Å². The fourth-order valence-corrected chi connectivity index (χ4v) is 4.70. The van der Waals surface area contributed by atoms with Crippen molar-refractivity contribution in [1.82, 2.24) is 10.6 Å². The number of carboxylic acid groups (broad SMARTS) is 2. The highest BCUT2D eigenvalue weighted by Gasteiger charge is 2.22. The fraction of sp³-hybridized carbons (Fsp3) is 0.176. The highest BCUT2D eigenvalue weighted by molar-refractivity contribution is 5.94. The van der Waals surface area contributed by atoms with Gasteiger partial charge in [0.2, 0.25) is 0 Å². The topological polar surface area (TPSA) is 157 Å². The number of nitrogens with one attached hydrogen (secondary N) is 4. The first-order valence-electron chi connectivity index (χ1n) is 14.0. The number of aryl methyl sites for hydroxylation is 2. The molecule has 0 saturated heterocycles. The van der Waals surface area contributed by atoms with Gasteiger partial charge in [-0.25, -0.2) is 19.2 Å². The molecule has 0 spiro atoms. The second-order valence-electron chi connectivity index (χ2n) is 10.4. The summed E-state index contributed by atoms with van der Waals surface area (Å²) >= 11 is 0. The van der Waals surface area contributed by atoms with E-state index in [9.17, 15) is 29.4 Å². The lowest BCUT2D eigenvalue weighted by molar-refractivity contribution is -0.140. The second kappa shape index (κ2) is 14.5. The molecule has 226 valence electrons. The molecule has 0 fully saturated rings. The van der Waals surface area contributed by atoms with Gasteiger partial charge >= 0.3 is 24.0 Å². The maximum atomic E-state index is 12.6. The number of carbonyl (C=O) groups is 4. The molecule has 0 radical (unpaired) electrons. The van der Waals surface area contributed by atoms with Crippen LogP contribution in [0, 0.1) is 13.8 Å². The summed E-state index contributed by atoms with van der Waals surface area (Å²) in [6.07, 6.45) is 0.308. The van der Waals surface area contributed by atoms with Crippen molar-refractivity contribution in [2.75, 3.05) is 10.6 Å². The molecule has 44 heavy (non-hydrogen) atoms. The standard InChI is InChI=1S/C34H34N4O6/c1-21-17-25(13-15-27(21)35-33(43)37-29(31(39)40)19-23-9-5-3-6-10-23)26-14-16-28(22(2)18-26)36-34(44)38-30(32(41)42)20-24-11-7-4-8-12-24/h3-18,29-30H,19-20H2,1-2H3,(H,39,40)(H,41,42)(H2,35,37,43)(H2,36,38,44)/t29-,30-/m0/s1. The summed E-state index contributed by atoms with van der Waals surface area (Å²) in [7, 11) is 0. The van der Waals surface area contributed by atoms with Gasteiger partial charge in [0.1, 0.15) is 12.1 Å². The average molecular weight is 595 g/mol. The lowest BCUT2D eigenvalue weighted by Crippen LogP contribution is -2.44. The highest BCUT2D eigenvalue weighted by atomic mass is 16.4. The molecule has 0 bridgehead atoms. The number of carbonyl (C=O) groups excluding carboxylic acids is 2. The minimum atomic E-state index is -1.13. The van der Waals surface area contributed by atoms with Gasteiger partial charge in [0, 0.05) is 24.2 Å². The normalized spacial score (nSPS) is 12.0. The van der Waals surface area contributed by atoms with Crippen LogP contribution >= 0.6 is 0 Å². The Bertz CT molecular complexity index is 1520. The van der Waals surface area contributed by atoms with Crippen molar-refractivity contribution < 1.29 is 29.4 Å². The molecule has 0 aromatic heterocycles. The van der Waals surface area contributed by atoms with E-state index in [4.69, 9.17) is 0 Å². The quantitative estimate of drug-likeness (QED) is 0.133. The van der Waals surface area contributed by atoms with Gasteiger partial charge in [-0.1, -0.05) is 72.8 Å². The van der Waals surface area contributed by atoms with E-state index in [-0.39, 0.29) is 12.8 Å². The van der Waals surface area contributed by atoms with E-state index >= 15 is 0 Å². The lowest BCUT2D eigenvalue weighted by Gasteiger charge is -2.17. The Balaban J connectivity index is 1.37. The molecule has 0 aliphatic carbocycles. The molecule has 6 N–H and O–H groups in total. The van der Waals surface area contributed by atoms with E-state index in [1.54, 1.807) is 36.4 Å². The molecule has 0 saturated carbocycles. The Labute approximate surface area is 255 Å². The van der Waals surface area contributed by atoms with E-state index in [1.165, 1.54) is 0 Å². The number of amides is 4. The van der Waals surface area contributed by atoms with Crippen molar-refractivity contribution in [3.8, 4) is 11.1 Å². The third-order valence-corrected chi connectivity index (χ3v) is 7.05. The van der Waals surface area contributed by atoms with E-state index in [1.807, 2.05) is 74.5 Å². The second-order valence-corrected chi connectivity index (χ2v) is 10.4. The Morgan fingerprint density at radius 3 is 1.25 bits per heavy atom. The number of rotatable bonds is 11. The summed E-state index contributed by atoms with van der Waals surface area (Å²) in [6, 6.07) is 25.6. The molecule has 10 nitrogen and oxygen atoms in total. The number of urea groups is 2. The van der Waals surface area contributed by atoms with Gasteiger partial charge in [0.05, 0.1) is 0 Å². The van der Waals surface area contributed by atoms with Crippen molar-refractivity contribution in [1.29, 1.82) is 0 Å². The minimum absolute atomic E-state index is 0.154. The molecular weight excluding hydrogens is 560 g/mol. The zero-order chi connectivity index (χ0) is 31.6. The van der Waals surface area contributed by atoms with Gasteiger partial charge < -0.3 is 31.5 Å². The summed E-state index contributed by atoms with van der Waals surface area (Å²) in [6.45, 7) is 3.67. The average Bonchev–Trinajstić information content (AvgIpc) is 2.99. The largest absolute Gasteiger partial charge is 0.480 e. The van der Waals surface area contributed by atoms with Crippen LogP contribution in [0.5, 0.6) is 0 Å². The van der Waals surface area contributed by atoms with Gasteiger partial charge in [0.25, 0.3) is 0 Å². The molecule has 4 rings (SSSR count). The Hall–Kier alpha value is -5.64. The van der Waals surface area contributed by atoms with Gasteiger partial charge in [-0.15, -0.1) is 0 Å². The van der Waals surface area contributed by atoms with Gasteiger partial charge in [-0.05, 0) is 71.5 Å². The van der Waals surface area contributed by atoms with Gasteiger partial charge in [-0.3, -0.25) is 0 Å². The predicted octanol–water partition coefficient (Wildman–Crippen LogP) is 5.61. The van der Waals surface area contributed by atoms with E-state index in [2.05, 4.69) is 21.3 Å². The van der Waals surface area contributed by atoms with Crippen LogP contribution in [0.15, 0.2) is 97.1 Å². The molecule has 0 unspecified atom stereocenters. The van der Waals surface area contributed by atoms with Gasteiger partial charge in [0.15, 0.2) is 0 Å². The number of carboxylic acids is 2.